The Balaban J connectivity index is 1.58. The van der Waals surface area contributed by atoms with Crippen molar-refractivity contribution >= 4 is 5.91 Å². The van der Waals surface area contributed by atoms with Gasteiger partial charge in [-0.25, -0.2) is 9.97 Å². The van der Waals surface area contributed by atoms with Crippen LogP contribution in [0.2, 0.25) is 0 Å². The second kappa shape index (κ2) is 7.54. The first-order valence-electron chi connectivity index (χ1n) is 9.77. The summed E-state index contributed by atoms with van der Waals surface area (Å²) in [6, 6.07) is 12.0. The number of aryl methyl sites for hydroxylation is 1. The molecule has 3 heterocycles. The quantitative estimate of drug-likeness (QED) is 0.705. The molecule has 144 valence electrons. The maximum atomic E-state index is 13.1. The van der Waals surface area contributed by atoms with Crippen molar-refractivity contribution in [3.05, 3.63) is 65.4 Å². The molecule has 0 fully saturated rings. The van der Waals surface area contributed by atoms with Gasteiger partial charge >= 0.3 is 0 Å². The van der Waals surface area contributed by atoms with E-state index in [2.05, 4.69) is 22.1 Å². The number of rotatable bonds is 3. The average molecular weight is 375 g/mol. The van der Waals surface area contributed by atoms with Crippen molar-refractivity contribution in [2.24, 2.45) is 7.05 Å². The SMILES string of the molecule is CC(C)c1nccc(C(=O)N2CCc3c(-c4ccccc4)nn(C)c3CC2)n1. The van der Waals surface area contributed by atoms with Crippen LogP contribution in [0.15, 0.2) is 42.6 Å². The summed E-state index contributed by atoms with van der Waals surface area (Å²) >= 11 is 0. The standard InChI is InChI=1S/C22H25N5O/c1-15(2)21-23-12-9-18(24-21)22(28)27-13-10-17-19(11-14-27)26(3)25-20(17)16-7-5-4-6-8-16/h4-9,12,15H,10-11,13-14H2,1-3H3. The van der Waals surface area contributed by atoms with Crippen molar-refractivity contribution in [3.8, 4) is 11.3 Å². The molecule has 1 aliphatic heterocycles. The van der Waals surface area contributed by atoms with Crippen LogP contribution in [-0.4, -0.2) is 43.6 Å². The van der Waals surface area contributed by atoms with E-state index in [1.807, 2.05) is 48.7 Å². The molecule has 0 saturated carbocycles. The molecule has 1 aliphatic rings. The van der Waals surface area contributed by atoms with Gasteiger partial charge in [0.2, 0.25) is 0 Å². The molecule has 1 amide bonds. The first kappa shape index (κ1) is 18.3. The normalized spacial score (nSPS) is 14.1. The minimum absolute atomic E-state index is 0.0219. The molecule has 0 spiro atoms. The highest BCUT2D eigenvalue weighted by Gasteiger charge is 2.25. The van der Waals surface area contributed by atoms with Gasteiger partial charge in [-0.15, -0.1) is 0 Å². The van der Waals surface area contributed by atoms with Crippen LogP contribution >= 0.6 is 0 Å². The zero-order valence-electron chi connectivity index (χ0n) is 16.6. The molecule has 1 aromatic carbocycles. The Labute approximate surface area is 165 Å². The van der Waals surface area contributed by atoms with Crippen LogP contribution < -0.4 is 0 Å². The van der Waals surface area contributed by atoms with E-state index in [0.717, 1.165) is 24.1 Å². The highest BCUT2D eigenvalue weighted by Crippen LogP contribution is 2.28. The Bertz CT molecular complexity index is 993. The van der Waals surface area contributed by atoms with Crippen molar-refractivity contribution in [2.45, 2.75) is 32.6 Å². The van der Waals surface area contributed by atoms with E-state index in [9.17, 15) is 4.79 Å². The lowest BCUT2D eigenvalue weighted by Gasteiger charge is -2.20. The molecule has 0 radical (unpaired) electrons. The molecular weight excluding hydrogens is 350 g/mol. The van der Waals surface area contributed by atoms with E-state index in [1.165, 1.54) is 11.3 Å². The Hall–Kier alpha value is -3.02. The first-order chi connectivity index (χ1) is 13.5. The number of hydrogen-bond donors (Lipinski definition) is 0. The summed E-state index contributed by atoms with van der Waals surface area (Å²) in [7, 11) is 1.99. The molecule has 0 N–H and O–H groups in total. The minimum atomic E-state index is -0.0219. The van der Waals surface area contributed by atoms with Crippen LogP contribution in [-0.2, 0) is 19.9 Å². The lowest BCUT2D eigenvalue weighted by Crippen LogP contribution is -2.34. The van der Waals surface area contributed by atoms with E-state index in [4.69, 9.17) is 5.10 Å². The third-order valence-corrected chi connectivity index (χ3v) is 5.27. The van der Waals surface area contributed by atoms with E-state index in [1.54, 1.807) is 12.3 Å². The molecule has 4 rings (SSSR count). The molecule has 0 bridgehead atoms. The summed E-state index contributed by atoms with van der Waals surface area (Å²) in [5.41, 5.74) is 5.08. The van der Waals surface area contributed by atoms with Gasteiger partial charge in [0.25, 0.3) is 5.91 Å². The first-order valence-corrected chi connectivity index (χ1v) is 9.77. The van der Waals surface area contributed by atoms with Gasteiger partial charge in [-0.2, -0.15) is 5.10 Å². The molecule has 3 aromatic rings. The maximum absolute atomic E-state index is 13.1. The zero-order valence-corrected chi connectivity index (χ0v) is 16.6. The van der Waals surface area contributed by atoms with Crippen LogP contribution in [0.4, 0.5) is 0 Å². The lowest BCUT2D eigenvalue weighted by molar-refractivity contribution is 0.0756. The molecule has 0 saturated heterocycles. The van der Waals surface area contributed by atoms with Crippen molar-refractivity contribution in [2.75, 3.05) is 13.1 Å². The number of amides is 1. The van der Waals surface area contributed by atoms with Crippen molar-refractivity contribution in [3.63, 3.8) is 0 Å². The van der Waals surface area contributed by atoms with Crippen molar-refractivity contribution in [1.29, 1.82) is 0 Å². The molecule has 0 atom stereocenters. The fourth-order valence-electron chi connectivity index (χ4n) is 3.74. The minimum Gasteiger partial charge on any atom is -0.337 e. The monoisotopic (exact) mass is 375 g/mol. The molecule has 28 heavy (non-hydrogen) atoms. The fourth-order valence-corrected chi connectivity index (χ4v) is 3.74. The molecule has 0 aliphatic carbocycles. The summed E-state index contributed by atoms with van der Waals surface area (Å²) in [4.78, 5) is 23.7. The van der Waals surface area contributed by atoms with Crippen LogP contribution in [0.3, 0.4) is 0 Å². The summed E-state index contributed by atoms with van der Waals surface area (Å²) in [5.74, 6) is 0.881. The number of carbonyl (C=O) groups is 1. The van der Waals surface area contributed by atoms with Gasteiger partial charge in [-0.3, -0.25) is 9.48 Å². The molecule has 2 aromatic heterocycles. The number of nitrogens with zero attached hydrogens (tertiary/aromatic N) is 5. The van der Waals surface area contributed by atoms with E-state index >= 15 is 0 Å². The number of fused-ring (bicyclic) bond motifs is 1. The van der Waals surface area contributed by atoms with E-state index in [-0.39, 0.29) is 11.8 Å². The summed E-state index contributed by atoms with van der Waals surface area (Å²) < 4.78 is 1.97. The smallest absolute Gasteiger partial charge is 0.272 e. The van der Waals surface area contributed by atoms with Crippen molar-refractivity contribution in [1.82, 2.24) is 24.6 Å². The number of hydrogen-bond acceptors (Lipinski definition) is 4. The Morgan fingerprint density at radius 1 is 1.07 bits per heavy atom. The number of benzene rings is 1. The Morgan fingerprint density at radius 3 is 2.57 bits per heavy atom. The third kappa shape index (κ3) is 3.42. The average Bonchev–Trinajstić information content (AvgIpc) is 2.89. The van der Waals surface area contributed by atoms with Crippen LogP contribution in [0.1, 0.15) is 47.3 Å². The predicted molar refractivity (Wildman–Crippen MR) is 108 cm³/mol. The summed E-state index contributed by atoms with van der Waals surface area (Å²) in [6.07, 6.45) is 3.26. The second-order valence-electron chi connectivity index (χ2n) is 7.51. The molecule has 6 nitrogen and oxygen atoms in total. The van der Waals surface area contributed by atoms with Crippen LogP contribution in [0, 0.1) is 0 Å². The maximum Gasteiger partial charge on any atom is 0.272 e. The zero-order chi connectivity index (χ0) is 19.7. The second-order valence-corrected chi connectivity index (χ2v) is 7.51. The molecular formula is C22H25N5O. The van der Waals surface area contributed by atoms with Gasteiger partial charge in [0.15, 0.2) is 0 Å². The van der Waals surface area contributed by atoms with E-state index in [0.29, 0.717) is 24.6 Å². The van der Waals surface area contributed by atoms with Crippen LogP contribution in [0.5, 0.6) is 0 Å². The highest BCUT2D eigenvalue weighted by molar-refractivity contribution is 5.92. The van der Waals surface area contributed by atoms with Crippen molar-refractivity contribution < 1.29 is 4.79 Å². The Kier molecular flexibility index (Phi) is 4.94. The van der Waals surface area contributed by atoms with Crippen LogP contribution in [0.25, 0.3) is 11.3 Å². The fraction of sp³-hybridized carbons (Fsp3) is 0.364. The summed E-state index contributed by atoms with van der Waals surface area (Å²) in [6.45, 7) is 5.40. The van der Waals surface area contributed by atoms with Gasteiger partial charge in [-0.05, 0) is 12.5 Å². The van der Waals surface area contributed by atoms with Gasteiger partial charge in [0, 0.05) is 55.5 Å². The topological polar surface area (TPSA) is 63.9 Å². The van der Waals surface area contributed by atoms with Gasteiger partial charge in [-0.1, -0.05) is 44.2 Å². The molecule has 6 heteroatoms. The predicted octanol–water partition coefficient (Wildman–Crippen LogP) is 3.24. The largest absolute Gasteiger partial charge is 0.337 e. The van der Waals surface area contributed by atoms with E-state index < -0.39 is 0 Å². The van der Waals surface area contributed by atoms with Gasteiger partial charge in [0.1, 0.15) is 11.5 Å². The molecule has 0 unspecified atom stereocenters. The Morgan fingerprint density at radius 2 is 1.82 bits per heavy atom. The lowest BCUT2D eigenvalue weighted by atomic mass is 10.0. The number of aromatic nitrogens is 4. The van der Waals surface area contributed by atoms with Gasteiger partial charge in [0.05, 0.1) is 5.69 Å². The van der Waals surface area contributed by atoms with Gasteiger partial charge < -0.3 is 4.90 Å². The summed E-state index contributed by atoms with van der Waals surface area (Å²) in [5, 5.41) is 4.76. The number of carbonyl (C=O) groups excluding carboxylic acids is 1. The third-order valence-electron chi connectivity index (χ3n) is 5.27. The highest BCUT2D eigenvalue weighted by atomic mass is 16.2.